The van der Waals surface area contributed by atoms with Gasteiger partial charge in [0, 0.05) is 12.1 Å². The van der Waals surface area contributed by atoms with Crippen LogP contribution in [0.4, 0.5) is 28.9 Å². The summed E-state index contributed by atoms with van der Waals surface area (Å²) in [6, 6.07) is 4.63. The topological polar surface area (TPSA) is 114 Å². The van der Waals surface area contributed by atoms with Gasteiger partial charge in [0.25, 0.3) is 18.5 Å². The van der Waals surface area contributed by atoms with Gasteiger partial charge in [0.15, 0.2) is 0 Å². The Morgan fingerprint density at radius 1 is 1.37 bits per heavy atom. The van der Waals surface area contributed by atoms with Crippen LogP contribution in [-0.2, 0) is 11.3 Å². The zero-order valence-corrected chi connectivity index (χ0v) is 13.8. The first-order valence-corrected chi connectivity index (χ1v) is 7.34. The molecule has 1 amide bonds. The van der Waals surface area contributed by atoms with Gasteiger partial charge in [0.1, 0.15) is 24.0 Å². The fourth-order valence-corrected chi connectivity index (χ4v) is 2.41. The monoisotopic (exact) mass is 405 g/mol. The first kappa shape index (κ1) is 20.1. The fraction of sp³-hybridized carbons (Fsp3) is 0.214. The van der Waals surface area contributed by atoms with Gasteiger partial charge >= 0.3 is 0 Å². The largest absolute Gasteiger partial charge is 0.323 e. The maximum atomic E-state index is 13.1. The van der Waals surface area contributed by atoms with Crippen LogP contribution >= 0.6 is 11.6 Å². The van der Waals surface area contributed by atoms with E-state index in [0.717, 1.165) is 18.2 Å². The van der Waals surface area contributed by atoms with E-state index < -0.39 is 52.3 Å². The average molecular weight is 406 g/mol. The molecule has 0 fully saturated rings. The van der Waals surface area contributed by atoms with Crippen molar-refractivity contribution < 1.29 is 27.3 Å². The number of rotatable bonds is 6. The van der Waals surface area contributed by atoms with Gasteiger partial charge in [-0.15, -0.1) is 0 Å². The van der Waals surface area contributed by atoms with Gasteiger partial charge in [-0.05, 0) is 6.07 Å². The number of anilines is 1. The molecule has 8 nitrogen and oxygen atoms in total. The molecule has 0 spiro atoms. The summed E-state index contributed by atoms with van der Waals surface area (Å²) in [6.07, 6.45) is -6.49. The molecule has 0 aliphatic heterocycles. The summed E-state index contributed by atoms with van der Waals surface area (Å²) in [5, 5.41) is 24.2. The van der Waals surface area contributed by atoms with E-state index in [-0.39, 0.29) is 11.3 Å². The van der Waals surface area contributed by atoms with Gasteiger partial charge in [0.2, 0.25) is 5.91 Å². The molecule has 1 heterocycles. The molecule has 2 aromatic rings. The lowest BCUT2D eigenvalue weighted by Gasteiger charge is -2.09. The van der Waals surface area contributed by atoms with Crippen LogP contribution in [0.1, 0.15) is 29.8 Å². The van der Waals surface area contributed by atoms with Crippen LogP contribution in [0.2, 0.25) is 5.02 Å². The van der Waals surface area contributed by atoms with Crippen molar-refractivity contribution >= 4 is 28.9 Å². The number of amides is 1. The molecule has 1 N–H and O–H groups in total. The SMILES string of the molecule is N#Cc1cc([N+](=O)[O-])ccc1NC(=O)Cn1nc(C(F)F)c(Cl)c1C(F)F. The second-order valence-electron chi connectivity index (χ2n) is 4.99. The van der Waals surface area contributed by atoms with Gasteiger partial charge in [-0.25, -0.2) is 17.6 Å². The summed E-state index contributed by atoms with van der Waals surface area (Å²) in [6.45, 7) is -0.895. The van der Waals surface area contributed by atoms with Crippen LogP contribution < -0.4 is 5.32 Å². The van der Waals surface area contributed by atoms with Crippen molar-refractivity contribution in [1.82, 2.24) is 9.78 Å². The van der Waals surface area contributed by atoms with E-state index in [1.54, 1.807) is 6.07 Å². The van der Waals surface area contributed by atoms with Crippen LogP contribution in [0.3, 0.4) is 0 Å². The number of hydrogen-bond donors (Lipinski definition) is 1. The normalized spacial score (nSPS) is 10.9. The highest BCUT2D eigenvalue weighted by Gasteiger charge is 2.28. The van der Waals surface area contributed by atoms with Crippen molar-refractivity contribution in [3.05, 3.63) is 50.3 Å². The van der Waals surface area contributed by atoms with Crippen molar-refractivity contribution in [2.45, 2.75) is 19.4 Å². The van der Waals surface area contributed by atoms with Crippen molar-refractivity contribution in [3.8, 4) is 6.07 Å². The maximum Gasteiger partial charge on any atom is 0.283 e. The Hall–Kier alpha value is -3.20. The summed E-state index contributed by atoms with van der Waals surface area (Å²) in [4.78, 5) is 22.0. The van der Waals surface area contributed by atoms with Crippen LogP contribution in [0, 0.1) is 21.4 Å². The number of hydrogen-bond acceptors (Lipinski definition) is 5. The Bertz CT molecular complexity index is 942. The molecule has 27 heavy (non-hydrogen) atoms. The molecule has 1 aromatic heterocycles. The number of carbonyl (C=O) groups excluding carboxylic acids is 1. The fourth-order valence-electron chi connectivity index (χ4n) is 2.11. The zero-order valence-electron chi connectivity index (χ0n) is 13.0. The van der Waals surface area contributed by atoms with Gasteiger partial charge in [0.05, 0.1) is 21.2 Å². The molecule has 0 unspecified atom stereocenters. The smallest absolute Gasteiger partial charge is 0.283 e. The lowest BCUT2D eigenvalue weighted by molar-refractivity contribution is -0.384. The number of halogens is 5. The molecule has 2 rings (SSSR count). The number of nitro groups is 1. The Morgan fingerprint density at radius 2 is 2.04 bits per heavy atom. The van der Waals surface area contributed by atoms with Crippen molar-refractivity contribution in [3.63, 3.8) is 0 Å². The van der Waals surface area contributed by atoms with Crippen molar-refractivity contribution in [2.75, 3.05) is 5.32 Å². The van der Waals surface area contributed by atoms with E-state index in [0.29, 0.717) is 4.68 Å². The van der Waals surface area contributed by atoms with Gasteiger partial charge < -0.3 is 5.32 Å². The quantitative estimate of drug-likeness (QED) is 0.445. The lowest BCUT2D eigenvalue weighted by Crippen LogP contribution is -2.21. The number of benzene rings is 1. The Kier molecular flexibility index (Phi) is 5.96. The Balaban J connectivity index is 2.28. The number of aromatic nitrogens is 2. The molecule has 0 aliphatic rings. The average Bonchev–Trinajstić information content (AvgIpc) is 2.91. The summed E-state index contributed by atoms with van der Waals surface area (Å²) in [5.41, 5.74) is -2.92. The minimum absolute atomic E-state index is 0.126. The van der Waals surface area contributed by atoms with Gasteiger partial charge in [-0.3, -0.25) is 19.6 Å². The van der Waals surface area contributed by atoms with E-state index in [2.05, 4.69) is 10.4 Å². The third kappa shape index (κ3) is 4.32. The summed E-state index contributed by atoms with van der Waals surface area (Å²) >= 11 is 5.48. The van der Waals surface area contributed by atoms with E-state index in [1.165, 1.54) is 0 Å². The molecule has 0 saturated carbocycles. The molecule has 1 aromatic carbocycles. The number of nitriles is 1. The molecular weight excluding hydrogens is 398 g/mol. The first-order chi connectivity index (χ1) is 12.6. The highest BCUT2D eigenvalue weighted by Crippen LogP contribution is 2.34. The molecule has 0 radical (unpaired) electrons. The second-order valence-corrected chi connectivity index (χ2v) is 5.37. The van der Waals surface area contributed by atoms with Gasteiger partial charge in [-0.2, -0.15) is 10.4 Å². The molecule has 0 atom stereocenters. The van der Waals surface area contributed by atoms with E-state index >= 15 is 0 Å². The second kappa shape index (κ2) is 8.00. The Morgan fingerprint density at radius 3 is 2.56 bits per heavy atom. The van der Waals surface area contributed by atoms with E-state index in [1.807, 2.05) is 0 Å². The van der Waals surface area contributed by atoms with Crippen LogP contribution in [0.15, 0.2) is 18.2 Å². The molecule has 142 valence electrons. The number of nitrogens with zero attached hydrogens (tertiary/aromatic N) is 4. The van der Waals surface area contributed by atoms with Crippen LogP contribution in [0.25, 0.3) is 0 Å². The van der Waals surface area contributed by atoms with E-state index in [9.17, 15) is 32.5 Å². The lowest BCUT2D eigenvalue weighted by atomic mass is 10.1. The summed E-state index contributed by atoms with van der Waals surface area (Å²) in [5.74, 6) is -0.984. The van der Waals surface area contributed by atoms with Gasteiger partial charge in [-0.1, -0.05) is 11.6 Å². The number of carbonyl (C=O) groups is 1. The van der Waals surface area contributed by atoms with Crippen molar-refractivity contribution in [2.24, 2.45) is 0 Å². The minimum Gasteiger partial charge on any atom is -0.323 e. The maximum absolute atomic E-state index is 13.1. The zero-order chi connectivity index (χ0) is 20.3. The summed E-state index contributed by atoms with van der Waals surface area (Å²) in [7, 11) is 0. The number of nitrogens with one attached hydrogen (secondary N) is 1. The standard InChI is InChI=1S/C14H8ClF4N5O3/c15-10-11(13(16)17)22-23(12(10)14(18)19)5-9(25)21-8-2-1-7(24(26)27)3-6(8)4-20/h1-3,13-14H,5H2,(H,21,25). The van der Waals surface area contributed by atoms with E-state index in [4.69, 9.17) is 16.9 Å². The third-order valence-corrected chi connectivity index (χ3v) is 3.66. The van der Waals surface area contributed by atoms with Crippen molar-refractivity contribution in [1.29, 1.82) is 5.26 Å². The molecule has 0 bridgehead atoms. The number of alkyl halides is 4. The molecule has 0 saturated heterocycles. The predicted octanol–water partition coefficient (Wildman–Crippen LogP) is 3.83. The molecule has 13 heteroatoms. The highest BCUT2D eigenvalue weighted by atomic mass is 35.5. The predicted molar refractivity (Wildman–Crippen MR) is 83.6 cm³/mol. The molecular formula is C14H8ClF4N5O3. The number of nitro benzene ring substituents is 1. The van der Waals surface area contributed by atoms with Crippen LogP contribution in [-0.4, -0.2) is 20.6 Å². The third-order valence-electron chi connectivity index (χ3n) is 3.27. The minimum atomic E-state index is -3.26. The number of non-ortho nitro benzene ring substituents is 1. The summed E-state index contributed by atoms with van der Waals surface area (Å²) < 4.78 is 52.0. The highest BCUT2D eigenvalue weighted by molar-refractivity contribution is 6.32. The first-order valence-electron chi connectivity index (χ1n) is 6.96. The van der Waals surface area contributed by atoms with Crippen LogP contribution in [0.5, 0.6) is 0 Å². The molecule has 0 aliphatic carbocycles. The Labute approximate surface area is 153 Å².